The Balaban J connectivity index is 2.32. The van der Waals surface area contributed by atoms with Crippen LogP contribution in [0.1, 0.15) is 17.2 Å². The number of carbonyl (C=O) groups excluding carboxylic acids is 2. The number of nitrogens with one attached hydrogen (secondary N) is 1. The van der Waals surface area contributed by atoms with Crippen molar-refractivity contribution >= 4 is 12.1 Å². The number of hydrogen-bond acceptors (Lipinski definition) is 7. The van der Waals surface area contributed by atoms with E-state index in [1.165, 1.54) is 28.4 Å². The van der Waals surface area contributed by atoms with Crippen molar-refractivity contribution < 1.29 is 33.3 Å². The molecule has 0 bridgehead atoms. The Hall–Kier alpha value is -3.68. The second-order valence-corrected chi connectivity index (χ2v) is 6.11. The quantitative estimate of drug-likeness (QED) is 0.496. The van der Waals surface area contributed by atoms with E-state index in [-0.39, 0.29) is 12.2 Å². The Morgan fingerprint density at radius 2 is 1.57 bits per heavy atom. The molecular weight excluding hydrogens is 390 g/mol. The molecule has 0 aromatic heterocycles. The second kappa shape index (κ2) is 10.8. The van der Waals surface area contributed by atoms with E-state index in [2.05, 4.69) is 11.9 Å². The Morgan fingerprint density at radius 1 is 0.967 bits per heavy atom. The molecule has 8 nitrogen and oxygen atoms in total. The third-order valence-corrected chi connectivity index (χ3v) is 4.29. The molecule has 0 heterocycles. The first-order valence-electron chi connectivity index (χ1n) is 8.99. The van der Waals surface area contributed by atoms with Crippen LogP contribution in [0.3, 0.4) is 0 Å². The molecule has 0 spiro atoms. The first-order chi connectivity index (χ1) is 14.4. The van der Waals surface area contributed by atoms with Gasteiger partial charge in [-0.25, -0.2) is 9.59 Å². The van der Waals surface area contributed by atoms with Crippen molar-refractivity contribution in [2.75, 3.05) is 28.4 Å². The normalized spacial score (nSPS) is 11.1. The third-order valence-electron chi connectivity index (χ3n) is 4.29. The van der Waals surface area contributed by atoms with Gasteiger partial charge in [-0.2, -0.15) is 0 Å². The highest BCUT2D eigenvalue weighted by atomic mass is 16.6. The lowest BCUT2D eigenvalue weighted by Crippen LogP contribution is -2.32. The van der Waals surface area contributed by atoms with Gasteiger partial charge in [0, 0.05) is 0 Å². The molecule has 0 aliphatic heterocycles. The van der Waals surface area contributed by atoms with Crippen LogP contribution in [0.15, 0.2) is 54.6 Å². The molecule has 30 heavy (non-hydrogen) atoms. The average molecular weight is 415 g/mol. The Morgan fingerprint density at radius 3 is 2.07 bits per heavy atom. The average Bonchev–Trinajstić information content (AvgIpc) is 2.79. The van der Waals surface area contributed by atoms with Gasteiger partial charge in [0.25, 0.3) is 0 Å². The smallest absolute Gasteiger partial charge is 0.408 e. The zero-order valence-electron chi connectivity index (χ0n) is 17.4. The Bertz CT molecular complexity index is 871. The Kier molecular flexibility index (Phi) is 8.10. The summed E-state index contributed by atoms with van der Waals surface area (Å²) in [6.45, 7) is 3.84. The molecule has 1 atom stereocenters. The van der Waals surface area contributed by atoms with Crippen molar-refractivity contribution in [3.05, 3.63) is 65.7 Å². The van der Waals surface area contributed by atoms with Gasteiger partial charge in [-0.05, 0) is 23.3 Å². The van der Waals surface area contributed by atoms with Crippen LogP contribution in [0, 0.1) is 0 Å². The number of benzene rings is 2. The van der Waals surface area contributed by atoms with Gasteiger partial charge in [-0.3, -0.25) is 0 Å². The van der Waals surface area contributed by atoms with Crippen LogP contribution in [0.25, 0.3) is 0 Å². The topological polar surface area (TPSA) is 92.3 Å². The number of esters is 1. The van der Waals surface area contributed by atoms with Gasteiger partial charge in [-0.15, -0.1) is 0 Å². The summed E-state index contributed by atoms with van der Waals surface area (Å²) in [5.74, 6) is 0.401. The number of ether oxygens (including phenoxy) is 5. The largest absolute Gasteiger partial charge is 0.493 e. The van der Waals surface area contributed by atoms with E-state index in [9.17, 15) is 9.59 Å². The van der Waals surface area contributed by atoms with Crippen molar-refractivity contribution in [3.8, 4) is 17.2 Å². The van der Waals surface area contributed by atoms with Crippen LogP contribution < -0.4 is 19.5 Å². The van der Waals surface area contributed by atoms with E-state index in [0.29, 0.717) is 22.8 Å². The zero-order chi connectivity index (χ0) is 22.1. The van der Waals surface area contributed by atoms with Crippen molar-refractivity contribution in [2.45, 2.75) is 12.6 Å². The maximum absolute atomic E-state index is 12.4. The second-order valence-electron chi connectivity index (χ2n) is 6.11. The maximum atomic E-state index is 12.4. The summed E-state index contributed by atoms with van der Waals surface area (Å²) in [6, 6.07) is 11.5. The molecule has 2 aromatic rings. The summed E-state index contributed by atoms with van der Waals surface area (Å²) in [6.07, 6.45) is -0.734. The van der Waals surface area contributed by atoms with E-state index in [1.807, 2.05) is 30.3 Å². The summed E-state index contributed by atoms with van der Waals surface area (Å²) in [5.41, 5.74) is 1.30. The minimum atomic E-state index is -0.950. The number of hydrogen-bond donors (Lipinski definition) is 1. The van der Waals surface area contributed by atoms with Gasteiger partial charge < -0.3 is 29.0 Å². The van der Waals surface area contributed by atoms with Crippen LogP contribution in [0.2, 0.25) is 0 Å². The number of rotatable bonds is 9. The lowest BCUT2D eigenvalue weighted by molar-refractivity contribution is -0.136. The van der Waals surface area contributed by atoms with Crippen molar-refractivity contribution in [3.63, 3.8) is 0 Å². The van der Waals surface area contributed by atoms with Gasteiger partial charge in [0.15, 0.2) is 11.5 Å². The van der Waals surface area contributed by atoms with Crippen LogP contribution in [0.5, 0.6) is 17.2 Å². The van der Waals surface area contributed by atoms with Crippen molar-refractivity contribution in [1.82, 2.24) is 5.32 Å². The van der Waals surface area contributed by atoms with E-state index < -0.39 is 18.1 Å². The van der Waals surface area contributed by atoms with E-state index in [1.54, 1.807) is 12.1 Å². The minimum absolute atomic E-state index is 0.00318. The van der Waals surface area contributed by atoms with Crippen LogP contribution in [-0.2, 0) is 20.9 Å². The SMILES string of the molecule is C=C(C(=O)OC)C(NC(=O)OCc1ccccc1)c1cc(OC)c(OC)c(OC)c1. The molecule has 1 amide bonds. The summed E-state index contributed by atoms with van der Waals surface area (Å²) in [5, 5.41) is 2.65. The molecule has 0 aliphatic rings. The molecular formula is C22H25NO7. The first-order valence-corrected chi connectivity index (χ1v) is 8.99. The molecule has 1 unspecified atom stereocenters. The van der Waals surface area contributed by atoms with Gasteiger partial charge >= 0.3 is 12.1 Å². The highest BCUT2D eigenvalue weighted by molar-refractivity contribution is 5.90. The molecule has 0 fully saturated rings. The van der Waals surface area contributed by atoms with Crippen LogP contribution in [0.4, 0.5) is 4.79 Å². The molecule has 8 heteroatoms. The highest BCUT2D eigenvalue weighted by Crippen LogP contribution is 2.40. The fraction of sp³-hybridized carbons (Fsp3) is 0.273. The molecule has 0 saturated carbocycles. The number of amides is 1. The predicted molar refractivity (Wildman–Crippen MR) is 110 cm³/mol. The lowest BCUT2D eigenvalue weighted by atomic mass is 9.99. The van der Waals surface area contributed by atoms with Crippen molar-refractivity contribution in [1.29, 1.82) is 0 Å². The first kappa shape index (κ1) is 22.6. The molecule has 1 N–H and O–H groups in total. The van der Waals surface area contributed by atoms with Gasteiger partial charge in [-0.1, -0.05) is 36.9 Å². The molecule has 0 radical (unpaired) electrons. The molecule has 0 saturated heterocycles. The number of methoxy groups -OCH3 is 4. The standard InChI is InChI=1S/C22H25NO7/c1-14(21(24)29-5)19(23-22(25)30-13-15-9-7-6-8-10-15)16-11-17(26-2)20(28-4)18(12-16)27-3/h6-12,19H,1,13H2,2-5H3,(H,23,25). The summed E-state index contributed by atoms with van der Waals surface area (Å²) in [4.78, 5) is 24.6. The molecule has 160 valence electrons. The van der Waals surface area contributed by atoms with Crippen LogP contribution in [-0.4, -0.2) is 40.5 Å². The fourth-order valence-corrected chi connectivity index (χ4v) is 2.77. The summed E-state index contributed by atoms with van der Waals surface area (Å²) in [7, 11) is 5.64. The predicted octanol–water partition coefficient (Wildman–Crippen LogP) is 3.41. The zero-order valence-corrected chi connectivity index (χ0v) is 17.4. The van der Waals surface area contributed by atoms with Crippen molar-refractivity contribution in [2.24, 2.45) is 0 Å². The van der Waals surface area contributed by atoms with Gasteiger partial charge in [0.2, 0.25) is 5.75 Å². The maximum Gasteiger partial charge on any atom is 0.408 e. The summed E-state index contributed by atoms with van der Waals surface area (Å²) < 4.78 is 26.1. The van der Waals surface area contributed by atoms with Gasteiger partial charge in [0.05, 0.1) is 40.1 Å². The van der Waals surface area contributed by atoms with E-state index in [0.717, 1.165) is 5.56 Å². The lowest BCUT2D eigenvalue weighted by Gasteiger charge is -2.22. The third kappa shape index (κ3) is 5.44. The fourth-order valence-electron chi connectivity index (χ4n) is 2.77. The Labute approximate surface area is 175 Å². The summed E-state index contributed by atoms with van der Waals surface area (Å²) >= 11 is 0. The van der Waals surface area contributed by atoms with E-state index >= 15 is 0 Å². The number of carbonyl (C=O) groups is 2. The molecule has 0 aliphatic carbocycles. The molecule has 2 aromatic carbocycles. The van der Waals surface area contributed by atoms with Gasteiger partial charge in [0.1, 0.15) is 6.61 Å². The minimum Gasteiger partial charge on any atom is -0.493 e. The van der Waals surface area contributed by atoms with Crippen LogP contribution >= 0.6 is 0 Å². The number of alkyl carbamates (subject to hydrolysis) is 1. The highest BCUT2D eigenvalue weighted by Gasteiger charge is 2.27. The molecule has 2 rings (SSSR count). The van der Waals surface area contributed by atoms with E-state index in [4.69, 9.17) is 23.7 Å². The monoisotopic (exact) mass is 415 g/mol.